The van der Waals surface area contributed by atoms with Crippen molar-refractivity contribution in [2.75, 3.05) is 20.3 Å². The number of carbonyl (C=O) groups is 1. The van der Waals surface area contributed by atoms with Gasteiger partial charge in [0.2, 0.25) is 5.67 Å². The van der Waals surface area contributed by atoms with E-state index >= 15 is 0 Å². The maximum atomic E-state index is 14.9. The van der Waals surface area contributed by atoms with Crippen LogP contribution < -0.4 is 4.74 Å². The molecular formula is C13H15ClFN3O3. The van der Waals surface area contributed by atoms with Gasteiger partial charge in [-0.05, 0) is 36.2 Å². The normalized spacial score (nSPS) is 13.0. The van der Waals surface area contributed by atoms with Gasteiger partial charge in [0.05, 0.1) is 20.3 Å². The Labute approximate surface area is 126 Å². The minimum atomic E-state index is -2.47. The van der Waals surface area contributed by atoms with E-state index < -0.39 is 18.2 Å². The molecule has 0 N–H and O–H groups in total. The average molecular weight is 316 g/mol. The SMILES string of the molecule is CCOC(=O)C(F)(CN=[N+]=[N-])Cc1cc(Cl)ccc1OC. The van der Waals surface area contributed by atoms with Crippen LogP contribution in [0.1, 0.15) is 12.5 Å². The molecule has 0 aliphatic rings. The smallest absolute Gasteiger partial charge is 0.344 e. The van der Waals surface area contributed by atoms with E-state index in [1.165, 1.54) is 13.2 Å². The monoisotopic (exact) mass is 315 g/mol. The summed E-state index contributed by atoms with van der Waals surface area (Å²) in [4.78, 5) is 14.3. The standard InChI is InChI=1S/C13H15ClFN3O3/c1-3-21-12(19)13(15,8-17-18-16)7-9-6-10(14)4-5-11(9)20-2/h4-6H,3,7-8H2,1-2H3. The second-order valence-corrected chi connectivity index (χ2v) is 4.64. The first-order valence-corrected chi connectivity index (χ1v) is 6.54. The molecule has 8 heteroatoms. The van der Waals surface area contributed by atoms with E-state index in [-0.39, 0.29) is 13.0 Å². The molecule has 1 atom stereocenters. The number of carbonyl (C=O) groups excluding carboxylic acids is 1. The lowest BCUT2D eigenvalue weighted by Gasteiger charge is -2.22. The molecule has 1 aromatic carbocycles. The number of benzene rings is 1. The van der Waals surface area contributed by atoms with Gasteiger partial charge in [0.15, 0.2) is 0 Å². The summed E-state index contributed by atoms with van der Waals surface area (Å²) in [5.41, 5.74) is 6.26. The van der Waals surface area contributed by atoms with Crippen LogP contribution >= 0.6 is 11.6 Å². The van der Waals surface area contributed by atoms with Gasteiger partial charge in [-0.15, -0.1) is 0 Å². The van der Waals surface area contributed by atoms with Gasteiger partial charge in [0.1, 0.15) is 5.75 Å². The first kappa shape index (κ1) is 17.1. The Bertz CT molecular complexity index is 564. The number of hydrogen-bond acceptors (Lipinski definition) is 4. The Morgan fingerprint density at radius 1 is 1.57 bits per heavy atom. The molecule has 6 nitrogen and oxygen atoms in total. The second kappa shape index (κ2) is 7.71. The minimum Gasteiger partial charge on any atom is -0.496 e. The highest BCUT2D eigenvalue weighted by Crippen LogP contribution is 2.29. The van der Waals surface area contributed by atoms with Gasteiger partial charge >= 0.3 is 5.97 Å². The van der Waals surface area contributed by atoms with Crippen LogP contribution in [0.3, 0.4) is 0 Å². The van der Waals surface area contributed by atoms with E-state index in [4.69, 9.17) is 26.6 Å². The summed E-state index contributed by atoms with van der Waals surface area (Å²) in [7, 11) is 1.42. The number of rotatable bonds is 7. The van der Waals surface area contributed by atoms with Crippen LogP contribution in [-0.2, 0) is 16.0 Å². The first-order chi connectivity index (χ1) is 9.96. The first-order valence-electron chi connectivity index (χ1n) is 6.16. The fourth-order valence-electron chi connectivity index (χ4n) is 1.78. The third-order valence-corrected chi connectivity index (χ3v) is 2.97. The Kier molecular flexibility index (Phi) is 6.27. The molecule has 1 rings (SSSR count). The highest BCUT2D eigenvalue weighted by atomic mass is 35.5. The summed E-state index contributed by atoms with van der Waals surface area (Å²) in [6, 6.07) is 4.64. The number of ether oxygens (including phenoxy) is 2. The van der Waals surface area contributed by atoms with Crippen LogP contribution in [0.25, 0.3) is 10.4 Å². The Balaban J connectivity index is 3.14. The highest BCUT2D eigenvalue weighted by Gasteiger charge is 2.40. The van der Waals surface area contributed by atoms with Crippen molar-refractivity contribution in [3.8, 4) is 5.75 Å². The summed E-state index contributed by atoms with van der Waals surface area (Å²) in [5.74, 6) is -0.703. The number of nitrogens with zero attached hydrogens (tertiary/aromatic N) is 3. The van der Waals surface area contributed by atoms with E-state index in [1.54, 1.807) is 19.1 Å². The van der Waals surface area contributed by atoms with Gasteiger partial charge in [0, 0.05) is 16.4 Å². The fraction of sp³-hybridized carbons (Fsp3) is 0.462. The van der Waals surface area contributed by atoms with E-state index in [0.29, 0.717) is 16.3 Å². The topological polar surface area (TPSA) is 84.3 Å². The lowest BCUT2D eigenvalue weighted by Crippen LogP contribution is -2.41. The fourth-order valence-corrected chi connectivity index (χ4v) is 1.98. The molecule has 1 aromatic rings. The van der Waals surface area contributed by atoms with Crippen molar-refractivity contribution < 1.29 is 18.7 Å². The van der Waals surface area contributed by atoms with Crippen molar-refractivity contribution in [1.29, 1.82) is 0 Å². The summed E-state index contributed by atoms with van der Waals surface area (Å²) in [6.45, 7) is 0.914. The van der Waals surface area contributed by atoms with Crippen molar-refractivity contribution in [3.63, 3.8) is 0 Å². The summed E-state index contributed by atoms with van der Waals surface area (Å²) in [6.07, 6.45) is -0.366. The van der Waals surface area contributed by atoms with Gasteiger partial charge in [-0.2, -0.15) is 0 Å². The predicted octanol–water partition coefficient (Wildman–Crippen LogP) is 3.47. The largest absolute Gasteiger partial charge is 0.496 e. The van der Waals surface area contributed by atoms with Crippen LogP contribution in [-0.4, -0.2) is 31.9 Å². The average Bonchev–Trinajstić information content (AvgIpc) is 2.45. The van der Waals surface area contributed by atoms with Crippen molar-refractivity contribution >= 4 is 17.6 Å². The third kappa shape index (κ3) is 4.51. The van der Waals surface area contributed by atoms with E-state index in [2.05, 4.69) is 10.0 Å². The number of alkyl halides is 1. The zero-order valence-corrected chi connectivity index (χ0v) is 12.4. The molecule has 0 saturated carbocycles. The summed E-state index contributed by atoms with van der Waals surface area (Å²) < 4.78 is 24.7. The van der Waals surface area contributed by atoms with Gasteiger partial charge in [-0.1, -0.05) is 16.7 Å². The molecule has 0 radical (unpaired) electrons. The lowest BCUT2D eigenvalue weighted by molar-refractivity contribution is -0.156. The zero-order chi connectivity index (χ0) is 15.9. The van der Waals surface area contributed by atoms with Crippen molar-refractivity contribution in [3.05, 3.63) is 39.2 Å². The molecule has 0 heterocycles. The number of halogens is 2. The van der Waals surface area contributed by atoms with Gasteiger partial charge in [0.25, 0.3) is 0 Å². The highest BCUT2D eigenvalue weighted by molar-refractivity contribution is 6.30. The molecule has 0 aromatic heterocycles. The Hall–Kier alpha value is -1.98. The number of methoxy groups -OCH3 is 1. The van der Waals surface area contributed by atoms with E-state index in [9.17, 15) is 9.18 Å². The molecule has 0 fully saturated rings. The van der Waals surface area contributed by atoms with Crippen molar-refractivity contribution in [2.24, 2.45) is 5.11 Å². The van der Waals surface area contributed by atoms with Gasteiger partial charge in [-0.3, -0.25) is 0 Å². The summed E-state index contributed by atoms with van der Waals surface area (Å²) in [5, 5.41) is 3.53. The van der Waals surface area contributed by atoms with Crippen LogP contribution in [0.5, 0.6) is 5.75 Å². The van der Waals surface area contributed by atoms with Crippen molar-refractivity contribution in [2.45, 2.75) is 19.0 Å². The van der Waals surface area contributed by atoms with Crippen LogP contribution in [0, 0.1) is 0 Å². The predicted molar refractivity (Wildman–Crippen MR) is 76.2 cm³/mol. The van der Waals surface area contributed by atoms with Gasteiger partial charge < -0.3 is 9.47 Å². The summed E-state index contributed by atoms with van der Waals surface area (Å²) >= 11 is 5.87. The van der Waals surface area contributed by atoms with Crippen LogP contribution in [0.4, 0.5) is 4.39 Å². The van der Waals surface area contributed by atoms with Gasteiger partial charge in [-0.25, -0.2) is 9.18 Å². The number of esters is 1. The Morgan fingerprint density at radius 3 is 2.86 bits per heavy atom. The zero-order valence-electron chi connectivity index (χ0n) is 11.7. The molecule has 1 unspecified atom stereocenters. The van der Waals surface area contributed by atoms with Crippen LogP contribution in [0.15, 0.2) is 23.3 Å². The molecule has 0 aliphatic carbocycles. The third-order valence-electron chi connectivity index (χ3n) is 2.74. The lowest BCUT2D eigenvalue weighted by atomic mass is 9.95. The number of hydrogen-bond donors (Lipinski definition) is 0. The molecule has 0 aliphatic heterocycles. The molecule has 0 bridgehead atoms. The van der Waals surface area contributed by atoms with E-state index in [0.717, 1.165) is 0 Å². The van der Waals surface area contributed by atoms with E-state index in [1.807, 2.05) is 0 Å². The maximum Gasteiger partial charge on any atom is 0.344 e. The van der Waals surface area contributed by atoms with Crippen molar-refractivity contribution in [1.82, 2.24) is 0 Å². The molecule has 0 amide bonds. The molecule has 0 saturated heterocycles. The second-order valence-electron chi connectivity index (χ2n) is 4.21. The molecule has 0 spiro atoms. The Morgan fingerprint density at radius 2 is 2.29 bits per heavy atom. The van der Waals surface area contributed by atoms with Crippen LogP contribution in [0.2, 0.25) is 5.02 Å². The maximum absolute atomic E-state index is 14.9. The quantitative estimate of drug-likeness (QED) is 0.334. The number of azide groups is 1. The molecular weight excluding hydrogens is 301 g/mol. The molecule has 21 heavy (non-hydrogen) atoms. The minimum absolute atomic E-state index is 0.0213. The molecule has 114 valence electrons.